The quantitative estimate of drug-likeness (QED) is 0.662. The highest BCUT2D eigenvalue weighted by Crippen LogP contribution is 2.45. The highest BCUT2D eigenvalue weighted by atomic mass is 16.6. The molecule has 2 atom stereocenters. The fourth-order valence-electron chi connectivity index (χ4n) is 5.25. The molecule has 3 nitrogen and oxygen atoms in total. The Balaban J connectivity index is 1.34. The number of amides is 1. The molecule has 3 heteroatoms. The first kappa shape index (κ1) is 16.6. The lowest BCUT2D eigenvalue weighted by molar-refractivity contribution is 0.0753. The SMILES string of the molecule is CC=C1CC2CCC(C1)N2C(=O)OCC1c2ccccc2-c2ccccc21. The van der Waals surface area contributed by atoms with E-state index < -0.39 is 0 Å². The van der Waals surface area contributed by atoms with Gasteiger partial charge in [0.05, 0.1) is 0 Å². The number of benzene rings is 2. The summed E-state index contributed by atoms with van der Waals surface area (Å²) in [7, 11) is 0. The Labute approximate surface area is 160 Å². The van der Waals surface area contributed by atoms with Gasteiger partial charge in [-0.1, -0.05) is 60.2 Å². The van der Waals surface area contributed by atoms with Gasteiger partial charge in [0.1, 0.15) is 6.61 Å². The van der Waals surface area contributed by atoms with Crippen molar-refractivity contribution in [2.45, 2.75) is 50.6 Å². The molecule has 1 aliphatic carbocycles. The average molecular weight is 359 g/mol. The first-order valence-electron chi connectivity index (χ1n) is 10.0. The number of hydrogen-bond donors (Lipinski definition) is 0. The number of carbonyl (C=O) groups is 1. The van der Waals surface area contributed by atoms with Crippen LogP contribution in [0, 0.1) is 0 Å². The molecule has 2 aromatic rings. The zero-order valence-corrected chi connectivity index (χ0v) is 15.7. The molecule has 3 aliphatic rings. The Hall–Kier alpha value is -2.55. The molecule has 0 spiro atoms. The Morgan fingerprint density at radius 3 is 2.11 bits per heavy atom. The number of carbonyl (C=O) groups excluding carboxylic acids is 1. The highest BCUT2D eigenvalue weighted by molar-refractivity contribution is 5.79. The topological polar surface area (TPSA) is 29.5 Å². The number of nitrogens with zero attached hydrogens (tertiary/aromatic N) is 1. The molecule has 5 rings (SSSR count). The van der Waals surface area contributed by atoms with Gasteiger partial charge in [-0.25, -0.2) is 4.79 Å². The van der Waals surface area contributed by atoms with Gasteiger partial charge in [0, 0.05) is 18.0 Å². The molecule has 0 radical (unpaired) electrons. The number of hydrogen-bond acceptors (Lipinski definition) is 2. The minimum atomic E-state index is -0.125. The van der Waals surface area contributed by atoms with Crippen LogP contribution in [-0.2, 0) is 4.74 Å². The zero-order chi connectivity index (χ0) is 18.4. The molecule has 2 saturated heterocycles. The van der Waals surface area contributed by atoms with Crippen molar-refractivity contribution in [1.82, 2.24) is 4.90 Å². The van der Waals surface area contributed by atoms with Crippen LogP contribution in [0.4, 0.5) is 4.79 Å². The fourth-order valence-corrected chi connectivity index (χ4v) is 5.25. The van der Waals surface area contributed by atoms with E-state index in [2.05, 4.69) is 61.5 Å². The molecule has 2 aromatic carbocycles. The van der Waals surface area contributed by atoms with E-state index in [0.717, 1.165) is 25.7 Å². The monoisotopic (exact) mass is 359 g/mol. The summed E-state index contributed by atoms with van der Waals surface area (Å²) in [6.45, 7) is 2.52. The van der Waals surface area contributed by atoms with Gasteiger partial charge < -0.3 is 9.64 Å². The Kier molecular flexibility index (Phi) is 4.04. The molecule has 2 aliphatic heterocycles. The second-order valence-corrected chi connectivity index (χ2v) is 7.95. The van der Waals surface area contributed by atoms with Crippen molar-refractivity contribution in [3.63, 3.8) is 0 Å². The van der Waals surface area contributed by atoms with E-state index in [4.69, 9.17) is 4.74 Å². The summed E-state index contributed by atoms with van der Waals surface area (Å²) in [6, 6.07) is 17.6. The molecular formula is C24H25NO2. The summed E-state index contributed by atoms with van der Waals surface area (Å²) in [6.07, 6.45) is 6.33. The molecule has 2 unspecified atom stereocenters. The second-order valence-electron chi connectivity index (χ2n) is 7.95. The normalized spacial score (nSPS) is 23.1. The molecule has 0 saturated carbocycles. The van der Waals surface area contributed by atoms with Gasteiger partial charge in [0.25, 0.3) is 0 Å². The largest absolute Gasteiger partial charge is 0.448 e. The van der Waals surface area contributed by atoms with Crippen LogP contribution in [0.1, 0.15) is 49.7 Å². The minimum absolute atomic E-state index is 0.125. The van der Waals surface area contributed by atoms with Crippen LogP contribution >= 0.6 is 0 Å². The van der Waals surface area contributed by atoms with E-state index >= 15 is 0 Å². The van der Waals surface area contributed by atoms with Gasteiger partial charge in [-0.15, -0.1) is 0 Å². The van der Waals surface area contributed by atoms with E-state index in [9.17, 15) is 4.79 Å². The summed E-state index contributed by atoms with van der Waals surface area (Å²) in [5.74, 6) is 0.134. The molecule has 2 bridgehead atoms. The molecule has 1 amide bonds. The third-order valence-corrected chi connectivity index (χ3v) is 6.57. The highest BCUT2D eigenvalue weighted by Gasteiger charge is 2.42. The smallest absolute Gasteiger partial charge is 0.410 e. The predicted octanol–water partition coefficient (Wildman–Crippen LogP) is 5.51. The Morgan fingerprint density at radius 2 is 1.56 bits per heavy atom. The predicted molar refractivity (Wildman–Crippen MR) is 107 cm³/mol. The summed E-state index contributed by atoms with van der Waals surface area (Å²) in [5, 5.41) is 0. The molecule has 0 N–H and O–H groups in total. The van der Waals surface area contributed by atoms with Crippen molar-refractivity contribution < 1.29 is 9.53 Å². The molecule has 0 aromatic heterocycles. The van der Waals surface area contributed by atoms with Crippen LogP contribution < -0.4 is 0 Å². The van der Waals surface area contributed by atoms with Gasteiger partial charge in [0.15, 0.2) is 0 Å². The maximum atomic E-state index is 12.9. The average Bonchev–Trinajstić information content (AvgIpc) is 3.17. The van der Waals surface area contributed by atoms with Crippen molar-refractivity contribution in [2.75, 3.05) is 6.61 Å². The second kappa shape index (κ2) is 6.56. The lowest BCUT2D eigenvalue weighted by Crippen LogP contribution is -2.45. The third-order valence-electron chi connectivity index (χ3n) is 6.57. The molecule has 2 fully saturated rings. The first-order valence-corrected chi connectivity index (χ1v) is 10.0. The number of rotatable bonds is 2. The van der Waals surface area contributed by atoms with E-state index in [-0.39, 0.29) is 12.0 Å². The van der Waals surface area contributed by atoms with Crippen molar-refractivity contribution in [3.05, 3.63) is 71.3 Å². The lowest BCUT2D eigenvalue weighted by Gasteiger charge is -2.35. The van der Waals surface area contributed by atoms with E-state index in [1.165, 1.54) is 27.8 Å². The van der Waals surface area contributed by atoms with Crippen molar-refractivity contribution in [1.29, 1.82) is 0 Å². The standard InChI is InChI=1S/C24H25NO2/c1-2-16-13-17-11-12-18(14-16)25(17)24(26)27-15-23-21-9-5-3-7-19(21)20-8-4-6-10-22(20)23/h2-10,17-18,23H,11-15H2,1H3. The van der Waals surface area contributed by atoms with E-state index in [0.29, 0.717) is 18.7 Å². The Bertz CT molecular complexity index is 855. The Morgan fingerprint density at radius 1 is 1.00 bits per heavy atom. The van der Waals surface area contributed by atoms with E-state index in [1.54, 1.807) is 0 Å². The van der Waals surface area contributed by atoms with Crippen LogP contribution in [0.5, 0.6) is 0 Å². The zero-order valence-electron chi connectivity index (χ0n) is 15.7. The van der Waals surface area contributed by atoms with Crippen molar-refractivity contribution in [3.8, 4) is 11.1 Å². The maximum absolute atomic E-state index is 12.9. The van der Waals surface area contributed by atoms with Crippen LogP contribution in [0.3, 0.4) is 0 Å². The van der Waals surface area contributed by atoms with Crippen molar-refractivity contribution in [2.24, 2.45) is 0 Å². The van der Waals surface area contributed by atoms with Gasteiger partial charge in [-0.2, -0.15) is 0 Å². The molecule has 138 valence electrons. The van der Waals surface area contributed by atoms with Crippen molar-refractivity contribution >= 4 is 6.09 Å². The van der Waals surface area contributed by atoms with Gasteiger partial charge in [-0.3, -0.25) is 0 Å². The first-order chi connectivity index (χ1) is 13.3. The minimum Gasteiger partial charge on any atom is -0.448 e. The number of ether oxygens (including phenoxy) is 1. The van der Waals surface area contributed by atoms with Crippen LogP contribution in [-0.4, -0.2) is 29.7 Å². The molecule has 2 heterocycles. The van der Waals surface area contributed by atoms with Crippen LogP contribution in [0.25, 0.3) is 11.1 Å². The van der Waals surface area contributed by atoms with Gasteiger partial charge in [-0.05, 0) is 54.9 Å². The summed E-state index contributed by atoms with van der Waals surface area (Å²) in [4.78, 5) is 14.9. The van der Waals surface area contributed by atoms with Gasteiger partial charge >= 0.3 is 6.09 Å². The summed E-state index contributed by atoms with van der Waals surface area (Å²) in [5.41, 5.74) is 6.56. The fraction of sp³-hybridized carbons (Fsp3) is 0.375. The van der Waals surface area contributed by atoms with E-state index in [1.807, 2.05) is 4.90 Å². The lowest BCUT2D eigenvalue weighted by atomic mass is 9.97. The third kappa shape index (κ3) is 2.68. The molecular weight excluding hydrogens is 334 g/mol. The van der Waals surface area contributed by atoms with Crippen LogP contribution in [0.2, 0.25) is 0 Å². The number of fused-ring (bicyclic) bond motifs is 5. The van der Waals surface area contributed by atoms with Crippen LogP contribution in [0.15, 0.2) is 60.2 Å². The van der Waals surface area contributed by atoms with Gasteiger partial charge in [0.2, 0.25) is 0 Å². The number of allylic oxidation sites excluding steroid dienone is 1. The molecule has 27 heavy (non-hydrogen) atoms. The summed E-state index contributed by atoms with van der Waals surface area (Å²) < 4.78 is 5.90. The maximum Gasteiger partial charge on any atom is 0.410 e. The number of piperidine rings is 1. The summed E-state index contributed by atoms with van der Waals surface area (Å²) >= 11 is 0.